The molecule has 1 aromatic rings. The van der Waals surface area contributed by atoms with Gasteiger partial charge in [0.15, 0.2) is 0 Å². The quantitative estimate of drug-likeness (QED) is 0.797. The number of likely N-dealkylation sites (N-methyl/N-ethyl adjacent to an activating group) is 1. The van der Waals surface area contributed by atoms with Crippen LogP contribution in [0.25, 0.3) is 0 Å². The van der Waals surface area contributed by atoms with E-state index in [-0.39, 0.29) is 0 Å². The molecule has 0 aromatic carbocycles. The van der Waals surface area contributed by atoms with Gasteiger partial charge in [0, 0.05) is 37.7 Å². The van der Waals surface area contributed by atoms with E-state index >= 15 is 0 Å². The summed E-state index contributed by atoms with van der Waals surface area (Å²) in [4.78, 5) is 3.64. The number of ether oxygens (including phenoxy) is 1. The van der Waals surface area contributed by atoms with Crippen LogP contribution in [0.5, 0.6) is 0 Å². The average molecular weight is 321 g/mol. The predicted molar refractivity (Wildman–Crippen MR) is 77.8 cm³/mol. The summed E-state index contributed by atoms with van der Waals surface area (Å²) in [6, 6.07) is 4.69. The largest absolute Gasteiger partial charge is 0.383 e. The Morgan fingerprint density at radius 1 is 1.47 bits per heavy atom. The first-order valence-corrected chi connectivity index (χ1v) is 7.40. The van der Waals surface area contributed by atoms with Crippen molar-refractivity contribution in [2.75, 3.05) is 40.4 Å². The van der Waals surface area contributed by atoms with Gasteiger partial charge < -0.3 is 15.0 Å². The van der Waals surface area contributed by atoms with Gasteiger partial charge in [0.1, 0.15) is 0 Å². The number of nitrogens with zero attached hydrogens (tertiary/aromatic N) is 1. The summed E-state index contributed by atoms with van der Waals surface area (Å²) in [7, 11) is 3.86. The van der Waals surface area contributed by atoms with Gasteiger partial charge in [-0.15, -0.1) is 11.3 Å². The number of hydrogen-bond donors (Lipinski definition) is 1. The molecule has 0 spiro atoms. The van der Waals surface area contributed by atoms with Crippen LogP contribution in [0.15, 0.2) is 15.9 Å². The number of methoxy groups -OCH3 is 1. The summed E-state index contributed by atoms with van der Waals surface area (Å²) >= 11 is 5.28. The molecule has 0 bridgehead atoms. The van der Waals surface area contributed by atoms with Gasteiger partial charge in [-0.3, -0.25) is 0 Å². The summed E-state index contributed by atoms with van der Waals surface area (Å²) in [6.07, 6.45) is 0. The fourth-order valence-electron chi connectivity index (χ4n) is 1.49. The Bertz CT molecular complexity index is 319. The van der Waals surface area contributed by atoms with Gasteiger partial charge in [-0.25, -0.2) is 0 Å². The Labute approximate surface area is 116 Å². The molecule has 1 atom stereocenters. The average Bonchev–Trinajstić information content (AvgIpc) is 2.73. The maximum Gasteiger partial charge on any atom is 0.0701 e. The van der Waals surface area contributed by atoms with Crippen molar-refractivity contribution in [3.05, 3.63) is 20.8 Å². The first kappa shape index (κ1) is 15.1. The summed E-state index contributed by atoms with van der Waals surface area (Å²) in [5.41, 5.74) is 0. The molecule has 1 aromatic heterocycles. The first-order chi connectivity index (χ1) is 8.13. The lowest BCUT2D eigenvalue weighted by Gasteiger charge is -2.18. The van der Waals surface area contributed by atoms with E-state index in [0.717, 1.165) is 26.2 Å². The SMILES string of the molecule is COCCN(C)CCNC(C)c1ccc(Br)s1. The van der Waals surface area contributed by atoms with Crippen LogP contribution in [-0.2, 0) is 4.74 Å². The fraction of sp³-hybridized carbons (Fsp3) is 0.667. The van der Waals surface area contributed by atoms with Gasteiger partial charge in [-0.1, -0.05) is 0 Å². The van der Waals surface area contributed by atoms with Gasteiger partial charge in [0.05, 0.1) is 10.4 Å². The lowest BCUT2D eigenvalue weighted by Crippen LogP contribution is -2.32. The third-order valence-corrected chi connectivity index (χ3v) is 4.45. The molecule has 5 heteroatoms. The second-order valence-electron chi connectivity index (χ2n) is 4.11. The Balaban J connectivity index is 2.18. The van der Waals surface area contributed by atoms with Gasteiger partial charge in [-0.05, 0) is 42.0 Å². The Kier molecular flexibility index (Phi) is 7.30. The Hall–Kier alpha value is 0.0600. The van der Waals surface area contributed by atoms with E-state index < -0.39 is 0 Å². The summed E-state index contributed by atoms with van der Waals surface area (Å²) < 4.78 is 6.24. The van der Waals surface area contributed by atoms with Crippen LogP contribution < -0.4 is 5.32 Å². The van der Waals surface area contributed by atoms with Crippen molar-refractivity contribution in [3.63, 3.8) is 0 Å². The molecule has 3 nitrogen and oxygen atoms in total. The number of halogens is 1. The molecule has 1 heterocycles. The minimum atomic E-state index is 0.419. The molecule has 0 amide bonds. The lowest BCUT2D eigenvalue weighted by atomic mass is 10.3. The molecule has 0 saturated heterocycles. The van der Waals surface area contributed by atoms with Crippen molar-refractivity contribution < 1.29 is 4.74 Å². The molecule has 0 saturated carbocycles. The van der Waals surface area contributed by atoms with Crippen LogP contribution in [0, 0.1) is 0 Å². The third kappa shape index (κ3) is 5.97. The monoisotopic (exact) mass is 320 g/mol. The summed E-state index contributed by atoms with van der Waals surface area (Å²) in [5, 5.41) is 3.53. The normalized spacial score (nSPS) is 13.2. The maximum absolute atomic E-state index is 5.05. The number of rotatable bonds is 8. The van der Waals surface area contributed by atoms with Crippen LogP contribution in [-0.4, -0.2) is 45.3 Å². The van der Waals surface area contributed by atoms with Gasteiger partial charge >= 0.3 is 0 Å². The minimum absolute atomic E-state index is 0.419. The van der Waals surface area contributed by atoms with E-state index in [0.29, 0.717) is 6.04 Å². The standard InChI is InChI=1S/C12H21BrN2OS/c1-10(11-4-5-12(13)17-11)14-6-7-15(2)8-9-16-3/h4-5,10,14H,6-9H2,1-3H3. The number of thiophene rings is 1. The minimum Gasteiger partial charge on any atom is -0.383 e. The van der Waals surface area contributed by atoms with E-state index in [1.54, 1.807) is 18.4 Å². The van der Waals surface area contributed by atoms with Crippen molar-refractivity contribution >= 4 is 27.3 Å². The van der Waals surface area contributed by atoms with Crippen molar-refractivity contribution in [1.29, 1.82) is 0 Å². The summed E-state index contributed by atoms with van der Waals surface area (Å²) in [6.45, 7) is 6.02. The molecule has 98 valence electrons. The van der Waals surface area contributed by atoms with E-state index in [9.17, 15) is 0 Å². The van der Waals surface area contributed by atoms with Gasteiger partial charge in [0.2, 0.25) is 0 Å². The fourth-order valence-corrected chi connectivity index (χ4v) is 2.94. The highest BCUT2D eigenvalue weighted by Crippen LogP contribution is 2.26. The van der Waals surface area contributed by atoms with E-state index in [2.05, 4.69) is 52.3 Å². The second kappa shape index (κ2) is 8.21. The van der Waals surface area contributed by atoms with Crippen molar-refractivity contribution in [2.24, 2.45) is 0 Å². The predicted octanol–water partition coefficient (Wildman–Crippen LogP) is 2.74. The van der Waals surface area contributed by atoms with Crippen LogP contribution in [0.2, 0.25) is 0 Å². The molecule has 0 fully saturated rings. The molecule has 1 unspecified atom stereocenters. The first-order valence-electron chi connectivity index (χ1n) is 5.79. The maximum atomic E-state index is 5.05. The molecule has 17 heavy (non-hydrogen) atoms. The zero-order valence-electron chi connectivity index (χ0n) is 10.7. The van der Waals surface area contributed by atoms with Crippen molar-refractivity contribution in [3.8, 4) is 0 Å². The highest BCUT2D eigenvalue weighted by atomic mass is 79.9. The molecule has 0 aliphatic carbocycles. The van der Waals surface area contributed by atoms with E-state index in [4.69, 9.17) is 4.74 Å². The zero-order valence-corrected chi connectivity index (χ0v) is 13.1. The molecule has 0 aliphatic rings. The van der Waals surface area contributed by atoms with Gasteiger partial charge in [-0.2, -0.15) is 0 Å². The third-order valence-electron chi connectivity index (χ3n) is 2.64. The lowest BCUT2D eigenvalue weighted by molar-refractivity contribution is 0.161. The molecular weight excluding hydrogens is 300 g/mol. The van der Waals surface area contributed by atoms with E-state index in [1.807, 2.05) is 0 Å². The number of nitrogens with one attached hydrogen (secondary N) is 1. The van der Waals surface area contributed by atoms with Crippen molar-refractivity contribution in [2.45, 2.75) is 13.0 Å². The number of hydrogen-bond acceptors (Lipinski definition) is 4. The van der Waals surface area contributed by atoms with Crippen LogP contribution in [0.1, 0.15) is 17.8 Å². The smallest absolute Gasteiger partial charge is 0.0701 e. The molecule has 0 radical (unpaired) electrons. The molecule has 1 N–H and O–H groups in total. The molecular formula is C12H21BrN2OS. The Morgan fingerprint density at radius 2 is 2.24 bits per heavy atom. The van der Waals surface area contributed by atoms with Crippen LogP contribution >= 0.6 is 27.3 Å². The van der Waals surface area contributed by atoms with Crippen LogP contribution in [0.4, 0.5) is 0 Å². The topological polar surface area (TPSA) is 24.5 Å². The highest BCUT2D eigenvalue weighted by molar-refractivity contribution is 9.11. The summed E-state index contributed by atoms with van der Waals surface area (Å²) in [5.74, 6) is 0. The molecule has 0 aliphatic heterocycles. The van der Waals surface area contributed by atoms with Crippen molar-refractivity contribution in [1.82, 2.24) is 10.2 Å². The highest BCUT2D eigenvalue weighted by Gasteiger charge is 2.07. The van der Waals surface area contributed by atoms with Crippen LogP contribution in [0.3, 0.4) is 0 Å². The zero-order chi connectivity index (χ0) is 12.7. The molecule has 1 rings (SSSR count). The van der Waals surface area contributed by atoms with Gasteiger partial charge in [0.25, 0.3) is 0 Å². The van der Waals surface area contributed by atoms with E-state index in [1.165, 1.54) is 8.66 Å². The Morgan fingerprint density at radius 3 is 2.82 bits per heavy atom. The second-order valence-corrected chi connectivity index (χ2v) is 6.61.